The molecule has 1 atom stereocenters. The topological polar surface area (TPSA) is 51.8 Å². The molecule has 3 aromatic rings. The van der Waals surface area contributed by atoms with Crippen LogP contribution in [0.3, 0.4) is 0 Å². The SMILES string of the molecule is Cc1nc(-c2ccnc3ccccc23)sc1C(C)N. The van der Waals surface area contributed by atoms with Gasteiger partial charge in [0.05, 0.1) is 11.2 Å². The number of rotatable bonds is 2. The maximum absolute atomic E-state index is 5.98. The molecule has 19 heavy (non-hydrogen) atoms. The Balaban J connectivity index is 2.22. The Morgan fingerprint density at radius 1 is 1.21 bits per heavy atom. The highest BCUT2D eigenvalue weighted by Crippen LogP contribution is 2.34. The van der Waals surface area contributed by atoms with E-state index in [1.807, 2.05) is 44.3 Å². The summed E-state index contributed by atoms with van der Waals surface area (Å²) in [6, 6.07) is 10.2. The first-order valence-electron chi connectivity index (χ1n) is 6.24. The standard InChI is InChI=1S/C15H15N3S/c1-9(16)14-10(2)18-15(19-14)12-7-8-17-13-6-4-3-5-11(12)13/h3-9H,16H2,1-2H3. The van der Waals surface area contributed by atoms with Crippen molar-refractivity contribution in [3.05, 3.63) is 47.1 Å². The first-order valence-corrected chi connectivity index (χ1v) is 7.05. The van der Waals surface area contributed by atoms with E-state index in [0.29, 0.717) is 0 Å². The number of nitrogens with zero attached hydrogens (tertiary/aromatic N) is 2. The molecule has 0 saturated heterocycles. The Hall–Kier alpha value is -1.78. The maximum Gasteiger partial charge on any atom is 0.124 e. The van der Waals surface area contributed by atoms with Gasteiger partial charge in [0.2, 0.25) is 0 Å². The fraction of sp³-hybridized carbons (Fsp3) is 0.200. The van der Waals surface area contributed by atoms with Crippen LogP contribution in [-0.2, 0) is 0 Å². The van der Waals surface area contributed by atoms with Gasteiger partial charge in [-0.2, -0.15) is 0 Å². The molecule has 0 bridgehead atoms. The molecule has 0 saturated carbocycles. The lowest BCUT2D eigenvalue weighted by Gasteiger charge is -2.02. The molecule has 0 amide bonds. The summed E-state index contributed by atoms with van der Waals surface area (Å²) < 4.78 is 0. The number of aromatic nitrogens is 2. The minimum atomic E-state index is 0.0272. The number of fused-ring (bicyclic) bond motifs is 1. The van der Waals surface area contributed by atoms with Gasteiger partial charge in [-0.15, -0.1) is 11.3 Å². The van der Waals surface area contributed by atoms with Crippen molar-refractivity contribution in [2.75, 3.05) is 0 Å². The van der Waals surface area contributed by atoms with E-state index < -0.39 is 0 Å². The molecule has 2 aromatic heterocycles. The van der Waals surface area contributed by atoms with Crippen molar-refractivity contribution in [1.29, 1.82) is 0 Å². The van der Waals surface area contributed by atoms with Crippen molar-refractivity contribution in [1.82, 2.24) is 9.97 Å². The Morgan fingerprint density at radius 2 is 2.00 bits per heavy atom. The van der Waals surface area contributed by atoms with Gasteiger partial charge in [0.15, 0.2) is 0 Å². The lowest BCUT2D eigenvalue weighted by atomic mass is 10.1. The second kappa shape index (κ2) is 4.72. The maximum atomic E-state index is 5.98. The molecule has 0 spiro atoms. The number of thiazole rings is 1. The molecule has 0 aliphatic heterocycles. The van der Waals surface area contributed by atoms with Gasteiger partial charge in [0, 0.05) is 28.1 Å². The Bertz CT molecular complexity index is 726. The van der Waals surface area contributed by atoms with Crippen molar-refractivity contribution >= 4 is 22.2 Å². The fourth-order valence-corrected chi connectivity index (χ4v) is 3.29. The molecular weight excluding hydrogens is 254 g/mol. The molecule has 96 valence electrons. The zero-order chi connectivity index (χ0) is 13.4. The molecule has 0 radical (unpaired) electrons. The van der Waals surface area contributed by atoms with E-state index in [4.69, 9.17) is 5.73 Å². The third-order valence-corrected chi connectivity index (χ3v) is 4.52. The zero-order valence-corrected chi connectivity index (χ0v) is 11.7. The smallest absolute Gasteiger partial charge is 0.124 e. The fourth-order valence-electron chi connectivity index (χ4n) is 2.23. The third kappa shape index (κ3) is 2.13. The summed E-state index contributed by atoms with van der Waals surface area (Å²) in [4.78, 5) is 10.2. The molecule has 1 unspecified atom stereocenters. The molecule has 3 rings (SSSR count). The summed E-state index contributed by atoms with van der Waals surface area (Å²) in [5.74, 6) is 0. The quantitative estimate of drug-likeness (QED) is 0.772. The summed E-state index contributed by atoms with van der Waals surface area (Å²) >= 11 is 1.67. The van der Waals surface area contributed by atoms with E-state index in [2.05, 4.69) is 16.0 Å². The van der Waals surface area contributed by atoms with Crippen LogP contribution >= 0.6 is 11.3 Å². The number of nitrogens with two attached hydrogens (primary N) is 1. The minimum absolute atomic E-state index is 0.0272. The van der Waals surface area contributed by atoms with Gasteiger partial charge in [-0.1, -0.05) is 18.2 Å². The number of hydrogen-bond acceptors (Lipinski definition) is 4. The van der Waals surface area contributed by atoms with Crippen LogP contribution in [0.25, 0.3) is 21.5 Å². The third-order valence-electron chi connectivity index (χ3n) is 3.13. The summed E-state index contributed by atoms with van der Waals surface area (Å²) in [5, 5.41) is 2.15. The van der Waals surface area contributed by atoms with Crippen molar-refractivity contribution in [3.63, 3.8) is 0 Å². The Labute approximate surface area is 116 Å². The minimum Gasteiger partial charge on any atom is -0.323 e. The molecule has 2 N–H and O–H groups in total. The summed E-state index contributed by atoms with van der Waals surface area (Å²) in [7, 11) is 0. The molecule has 0 fully saturated rings. The van der Waals surface area contributed by atoms with E-state index in [0.717, 1.165) is 32.0 Å². The summed E-state index contributed by atoms with van der Waals surface area (Å²) in [6.45, 7) is 4.01. The Kier molecular flexibility index (Phi) is 3.05. The second-order valence-corrected chi connectivity index (χ2v) is 5.66. The predicted molar refractivity (Wildman–Crippen MR) is 80.2 cm³/mol. The molecule has 0 aliphatic carbocycles. The van der Waals surface area contributed by atoms with E-state index in [-0.39, 0.29) is 6.04 Å². The first kappa shape index (κ1) is 12.3. The normalized spacial score (nSPS) is 12.8. The van der Waals surface area contributed by atoms with Crippen LogP contribution < -0.4 is 5.73 Å². The van der Waals surface area contributed by atoms with E-state index in [1.54, 1.807) is 11.3 Å². The van der Waals surface area contributed by atoms with Crippen LogP contribution in [-0.4, -0.2) is 9.97 Å². The van der Waals surface area contributed by atoms with Gasteiger partial charge in [-0.3, -0.25) is 4.98 Å². The van der Waals surface area contributed by atoms with Gasteiger partial charge in [0.25, 0.3) is 0 Å². The largest absolute Gasteiger partial charge is 0.323 e. The van der Waals surface area contributed by atoms with Crippen molar-refractivity contribution in [2.45, 2.75) is 19.9 Å². The zero-order valence-electron chi connectivity index (χ0n) is 10.9. The number of para-hydroxylation sites is 1. The van der Waals surface area contributed by atoms with Crippen molar-refractivity contribution in [2.24, 2.45) is 5.73 Å². The van der Waals surface area contributed by atoms with Gasteiger partial charge >= 0.3 is 0 Å². The average Bonchev–Trinajstić information content (AvgIpc) is 2.80. The van der Waals surface area contributed by atoms with Crippen LogP contribution in [0.4, 0.5) is 0 Å². The predicted octanol–water partition coefficient (Wildman–Crippen LogP) is 3.69. The van der Waals surface area contributed by atoms with Crippen LogP contribution in [0.1, 0.15) is 23.5 Å². The highest BCUT2D eigenvalue weighted by molar-refractivity contribution is 7.15. The second-order valence-electron chi connectivity index (χ2n) is 4.63. The van der Waals surface area contributed by atoms with Crippen LogP contribution in [0.5, 0.6) is 0 Å². The average molecular weight is 269 g/mol. The van der Waals surface area contributed by atoms with E-state index >= 15 is 0 Å². The highest BCUT2D eigenvalue weighted by atomic mass is 32.1. The molecule has 4 heteroatoms. The molecular formula is C15H15N3S. The van der Waals surface area contributed by atoms with Crippen molar-refractivity contribution < 1.29 is 0 Å². The van der Waals surface area contributed by atoms with Crippen LogP contribution in [0, 0.1) is 6.92 Å². The van der Waals surface area contributed by atoms with Crippen LogP contribution in [0.15, 0.2) is 36.5 Å². The number of hydrogen-bond donors (Lipinski definition) is 1. The number of pyridine rings is 1. The van der Waals surface area contributed by atoms with Gasteiger partial charge in [-0.25, -0.2) is 4.98 Å². The monoisotopic (exact) mass is 269 g/mol. The molecule has 0 aliphatic rings. The molecule has 2 heterocycles. The first-order chi connectivity index (χ1) is 9.16. The van der Waals surface area contributed by atoms with Crippen molar-refractivity contribution in [3.8, 4) is 10.6 Å². The highest BCUT2D eigenvalue weighted by Gasteiger charge is 2.14. The lowest BCUT2D eigenvalue weighted by molar-refractivity contribution is 0.825. The number of aryl methyl sites for hydroxylation is 1. The molecule has 1 aromatic carbocycles. The van der Waals surface area contributed by atoms with E-state index in [1.165, 1.54) is 0 Å². The van der Waals surface area contributed by atoms with Gasteiger partial charge < -0.3 is 5.73 Å². The van der Waals surface area contributed by atoms with Gasteiger partial charge in [-0.05, 0) is 26.0 Å². The number of benzene rings is 1. The summed E-state index contributed by atoms with van der Waals surface area (Å²) in [5.41, 5.74) is 9.13. The summed E-state index contributed by atoms with van der Waals surface area (Å²) in [6.07, 6.45) is 1.83. The van der Waals surface area contributed by atoms with Crippen LogP contribution in [0.2, 0.25) is 0 Å². The molecule has 3 nitrogen and oxygen atoms in total. The van der Waals surface area contributed by atoms with E-state index in [9.17, 15) is 0 Å². The Morgan fingerprint density at radius 3 is 2.74 bits per heavy atom. The van der Waals surface area contributed by atoms with Gasteiger partial charge in [0.1, 0.15) is 5.01 Å². The lowest BCUT2D eigenvalue weighted by Crippen LogP contribution is -2.03.